The minimum absolute atomic E-state index is 0.131. The molecule has 0 bridgehead atoms. The van der Waals surface area contributed by atoms with Crippen molar-refractivity contribution in [2.75, 3.05) is 30.8 Å². The summed E-state index contributed by atoms with van der Waals surface area (Å²) in [5, 5.41) is 2.86. The third-order valence-corrected chi connectivity index (χ3v) is 4.49. The van der Waals surface area contributed by atoms with Gasteiger partial charge in [-0.15, -0.1) is 0 Å². The number of amides is 1. The van der Waals surface area contributed by atoms with Crippen LogP contribution in [0.15, 0.2) is 24.3 Å². The van der Waals surface area contributed by atoms with E-state index in [9.17, 15) is 13.2 Å². The highest BCUT2D eigenvalue weighted by Crippen LogP contribution is 2.28. The Morgan fingerprint density at radius 1 is 1.36 bits per heavy atom. The second-order valence-corrected chi connectivity index (χ2v) is 7.47. The van der Waals surface area contributed by atoms with Gasteiger partial charge in [0.2, 0.25) is 15.9 Å². The third-order valence-electron chi connectivity index (χ3n) is 3.77. The van der Waals surface area contributed by atoms with Gasteiger partial charge in [0.25, 0.3) is 0 Å². The van der Waals surface area contributed by atoms with Crippen molar-refractivity contribution in [2.45, 2.75) is 25.8 Å². The van der Waals surface area contributed by atoms with Gasteiger partial charge < -0.3 is 10.2 Å². The Labute approximate surface area is 131 Å². The standard InChI is InChI=1S/C15H23N3O3S/c1-12(11-16-15(19)7-9-17-22(2,20)21)18-10-8-13-5-3-4-6-14(13)18/h3-6,12,17H,7-11H2,1-2H3,(H,16,19)/t12-/m1/s1. The van der Waals surface area contributed by atoms with Crippen LogP contribution in [0.2, 0.25) is 0 Å². The van der Waals surface area contributed by atoms with Crippen LogP contribution in [-0.2, 0) is 21.2 Å². The Bertz CT molecular complexity index is 631. The molecule has 0 fully saturated rings. The van der Waals surface area contributed by atoms with Crippen molar-refractivity contribution >= 4 is 21.6 Å². The Morgan fingerprint density at radius 2 is 2.09 bits per heavy atom. The molecule has 1 aromatic rings. The first-order valence-electron chi connectivity index (χ1n) is 7.43. The van der Waals surface area contributed by atoms with E-state index in [0.717, 1.165) is 19.2 Å². The van der Waals surface area contributed by atoms with Crippen molar-refractivity contribution in [3.8, 4) is 0 Å². The van der Waals surface area contributed by atoms with Gasteiger partial charge in [-0.25, -0.2) is 13.1 Å². The van der Waals surface area contributed by atoms with Gasteiger partial charge in [0.15, 0.2) is 0 Å². The van der Waals surface area contributed by atoms with Crippen molar-refractivity contribution in [1.82, 2.24) is 10.0 Å². The van der Waals surface area contributed by atoms with Crippen LogP contribution >= 0.6 is 0 Å². The molecule has 1 aliphatic rings. The number of carbonyl (C=O) groups excluding carboxylic acids is 1. The maximum atomic E-state index is 11.7. The SMILES string of the molecule is C[C@H](CNC(=O)CCNS(C)(=O)=O)N1CCc2ccccc21. The molecule has 2 N–H and O–H groups in total. The summed E-state index contributed by atoms with van der Waals surface area (Å²) in [6, 6.07) is 8.52. The average Bonchev–Trinajstić information content (AvgIpc) is 2.87. The summed E-state index contributed by atoms with van der Waals surface area (Å²) in [5.41, 5.74) is 2.58. The van der Waals surface area contributed by atoms with Crippen LogP contribution in [0.3, 0.4) is 0 Å². The Kier molecular flexibility index (Phi) is 5.42. The lowest BCUT2D eigenvalue weighted by Crippen LogP contribution is -2.42. The summed E-state index contributed by atoms with van der Waals surface area (Å²) in [6.45, 7) is 3.72. The van der Waals surface area contributed by atoms with Crippen molar-refractivity contribution in [1.29, 1.82) is 0 Å². The summed E-state index contributed by atoms with van der Waals surface area (Å²) in [5.74, 6) is -0.143. The molecule has 0 unspecified atom stereocenters. The summed E-state index contributed by atoms with van der Waals surface area (Å²) in [7, 11) is -3.24. The zero-order valence-corrected chi connectivity index (χ0v) is 13.8. The second-order valence-electron chi connectivity index (χ2n) is 5.64. The van der Waals surface area contributed by atoms with Gasteiger partial charge >= 0.3 is 0 Å². The third kappa shape index (κ3) is 4.71. The van der Waals surface area contributed by atoms with Gasteiger partial charge in [-0.1, -0.05) is 18.2 Å². The Balaban J connectivity index is 1.76. The lowest BCUT2D eigenvalue weighted by molar-refractivity contribution is -0.120. The molecule has 1 amide bonds. The number of nitrogens with zero attached hydrogens (tertiary/aromatic N) is 1. The highest BCUT2D eigenvalue weighted by atomic mass is 32.2. The Hall–Kier alpha value is -1.60. The summed E-state index contributed by atoms with van der Waals surface area (Å²) in [4.78, 5) is 14.0. The molecule has 1 aliphatic heterocycles. The molecular formula is C15H23N3O3S. The van der Waals surface area contributed by atoms with Crippen LogP contribution in [0.25, 0.3) is 0 Å². The number of nitrogens with one attached hydrogen (secondary N) is 2. The maximum absolute atomic E-state index is 11.7. The van der Waals surface area contributed by atoms with E-state index in [1.54, 1.807) is 0 Å². The van der Waals surface area contributed by atoms with E-state index in [0.29, 0.717) is 6.54 Å². The van der Waals surface area contributed by atoms with Gasteiger partial charge in [0, 0.05) is 37.8 Å². The monoisotopic (exact) mass is 325 g/mol. The first kappa shape index (κ1) is 16.8. The number of benzene rings is 1. The molecule has 1 atom stereocenters. The normalized spacial score (nSPS) is 15.5. The molecule has 1 aromatic carbocycles. The molecule has 6 nitrogen and oxygen atoms in total. The van der Waals surface area contributed by atoms with Gasteiger partial charge in [-0.05, 0) is 25.0 Å². The number of anilines is 1. The van der Waals surface area contributed by atoms with Crippen LogP contribution in [0, 0.1) is 0 Å². The fourth-order valence-electron chi connectivity index (χ4n) is 2.63. The lowest BCUT2D eigenvalue weighted by Gasteiger charge is -2.27. The molecule has 2 rings (SSSR count). The van der Waals surface area contributed by atoms with Crippen LogP contribution in [-0.4, -0.2) is 46.3 Å². The molecule has 0 spiro atoms. The van der Waals surface area contributed by atoms with Gasteiger partial charge in [-0.2, -0.15) is 0 Å². The molecule has 122 valence electrons. The first-order valence-corrected chi connectivity index (χ1v) is 9.32. The highest BCUT2D eigenvalue weighted by molar-refractivity contribution is 7.88. The molecule has 0 aliphatic carbocycles. The summed E-state index contributed by atoms with van der Waals surface area (Å²) < 4.78 is 24.1. The lowest BCUT2D eigenvalue weighted by atomic mass is 10.2. The predicted molar refractivity (Wildman–Crippen MR) is 87.4 cm³/mol. The smallest absolute Gasteiger partial charge is 0.221 e. The quantitative estimate of drug-likeness (QED) is 0.765. The van der Waals surface area contributed by atoms with Crippen molar-refractivity contribution in [3.63, 3.8) is 0 Å². The first-order chi connectivity index (χ1) is 10.4. The van der Waals surface area contributed by atoms with Crippen molar-refractivity contribution in [3.05, 3.63) is 29.8 Å². The minimum atomic E-state index is -3.24. The number of carbonyl (C=O) groups is 1. The predicted octanol–water partition coefficient (Wildman–Crippen LogP) is 0.493. The maximum Gasteiger partial charge on any atom is 0.221 e. The molecule has 0 aromatic heterocycles. The Morgan fingerprint density at radius 3 is 2.82 bits per heavy atom. The second kappa shape index (κ2) is 7.11. The zero-order chi connectivity index (χ0) is 16.2. The zero-order valence-electron chi connectivity index (χ0n) is 13.0. The summed E-state index contributed by atoms with van der Waals surface area (Å²) in [6.07, 6.45) is 2.26. The molecule has 0 saturated carbocycles. The van der Waals surface area contributed by atoms with E-state index in [1.165, 1.54) is 11.3 Å². The van der Waals surface area contributed by atoms with Crippen LogP contribution in [0.5, 0.6) is 0 Å². The fraction of sp³-hybridized carbons (Fsp3) is 0.533. The number of sulfonamides is 1. The number of hydrogen-bond acceptors (Lipinski definition) is 4. The van der Waals surface area contributed by atoms with E-state index < -0.39 is 10.0 Å². The van der Waals surface area contributed by atoms with Gasteiger partial charge in [0.05, 0.1) is 6.26 Å². The number of fused-ring (bicyclic) bond motifs is 1. The minimum Gasteiger partial charge on any atom is -0.366 e. The van der Waals surface area contributed by atoms with Gasteiger partial charge in [0.1, 0.15) is 0 Å². The molecule has 0 radical (unpaired) electrons. The van der Waals surface area contributed by atoms with E-state index in [-0.39, 0.29) is 24.9 Å². The molecule has 7 heteroatoms. The topological polar surface area (TPSA) is 78.5 Å². The number of para-hydroxylation sites is 1. The largest absolute Gasteiger partial charge is 0.366 e. The van der Waals surface area contributed by atoms with Gasteiger partial charge in [-0.3, -0.25) is 4.79 Å². The molecule has 1 heterocycles. The highest BCUT2D eigenvalue weighted by Gasteiger charge is 2.22. The van der Waals surface area contributed by atoms with Crippen molar-refractivity contribution in [2.24, 2.45) is 0 Å². The fourth-order valence-corrected chi connectivity index (χ4v) is 3.10. The summed E-state index contributed by atoms with van der Waals surface area (Å²) >= 11 is 0. The average molecular weight is 325 g/mol. The number of hydrogen-bond donors (Lipinski definition) is 2. The van der Waals surface area contributed by atoms with E-state index in [2.05, 4.69) is 34.0 Å². The molecular weight excluding hydrogens is 302 g/mol. The van der Waals surface area contributed by atoms with E-state index in [4.69, 9.17) is 0 Å². The van der Waals surface area contributed by atoms with Crippen LogP contribution in [0.1, 0.15) is 18.9 Å². The van der Waals surface area contributed by atoms with Crippen LogP contribution in [0.4, 0.5) is 5.69 Å². The number of rotatable bonds is 7. The van der Waals surface area contributed by atoms with Crippen LogP contribution < -0.4 is 14.9 Å². The molecule has 22 heavy (non-hydrogen) atoms. The molecule has 0 saturated heterocycles. The van der Waals surface area contributed by atoms with Crippen molar-refractivity contribution < 1.29 is 13.2 Å². The van der Waals surface area contributed by atoms with E-state index in [1.807, 2.05) is 12.1 Å². The van der Waals surface area contributed by atoms with E-state index >= 15 is 0 Å².